The number of hydrogen-bond acceptors (Lipinski definition) is 6. The number of guanidine groups is 1. The molecule has 0 rings (SSSR count). The average molecular weight is 320 g/mol. The van der Waals surface area contributed by atoms with Gasteiger partial charge in [0.15, 0.2) is 5.96 Å². The third-order valence-electron chi connectivity index (χ3n) is 2.09. The molecule has 0 aliphatic rings. The topological polar surface area (TPSA) is 219 Å². The van der Waals surface area contributed by atoms with E-state index >= 15 is 0 Å². The van der Waals surface area contributed by atoms with Crippen LogP contribution in [0.2, 0.25) is 0 Å². The van der Waals surface area contributed by atoms with E-state index in [1.54, 1.807) is 0 Å². The van der Waals surface area contributed by atoms with Crippen molar-refractivity contribution in [1.29, 1.82) is 0 Å². The van der Waals surface area contributed by atoms with E-state index in [1.807, 2.05) is 0 Å². The largest absolute Gasteiger partial charge is 0.481 e. The summed E-state index contributed by atoms with van der Waals surface area (Å²) >= 11 is 0. The molecule has 9 N–H and O–H groups in total. The predicted octanol–water partition coefficient (Wildman–Crippen LogP) is -2.04. The van der Waals surface area contributed by atoms with E-state index in [0.717, 1.165) is 0 Å². The van der Waals surface area contributed by atoms with E-state index in [9.17, 15) is 19.2 Å². The maximum atomic E-state index is 10.2. The Bertz CT molecular complexity index is 432. The third kappa shape index (κ3) is 15.4. The molecule has 0 aliphatic heterocycles. The Balaban J connectivity index is 0. The van der Waals surface area contributed by atoms with Gasteiger partial charge in [0.1, 0.15) is 6.04 Å². The van der Waals surface area contributed by atoms with Crippen LogP contribution >= 0.6 is 0 Å². The van der Waals surface area contributed by atoms with E-state index in [2.05, 4.69) is 4.99 Å². The Hall–Kier alpha value is -2.69. The summed E-state index contributed by atoms with van der Waals surface area (Å²) < 4.78 is 0. The number of ketones is 1. The maximum absolute atomic E-state index is 10.2. The quantitative estimate of drug-likeness (QED) is 0.118. The lowest BCUT2D eigenvalue weighted by Crippen LogP contribution is -2.30. The Kier molecular flexibility index (Phi) is 11.9. The number of rotatable bonds is 9. The van der Waals surface area contributed by atoms with E-state index < -0.39 is 42.6 Å². The molecule has 0 bridgehead atoms. The van der Waals surface area contributed by atoms with Gasteiger partial charge in [-0.25, -0.2) is 4.79 Å². The van der Waals surface area contributed by atoms with E-state index in [4.69, 9.17) is 32.5 Å². The molecule has 22 heavy (non-hydrogen) atoms. The smallest absolute Gasteiger partial charge is 0.372 e. The van der Waals surface area contributed by atoms with E-state index in [-0.39, 0.29) is 5.96 Å². The molecule has 0 amide bonds. The fourth-order valence-electron chi connectivity index (χ4n) is 0.970. The van der Waals surface area contributed by atoms with Crippen LogP contribution in [0.1, 0.15) is 25.7 Å². The first-order valence-corrected chi connectivity index (χ1v) is 6.09. The molecular weight excluding hydrogens is 300 g/mol. The lowest BCUT2D eigenvalue weighted by molar-refractivity contribution is -0.149. The van der Waals surface area contributed by atoms with Crippen LogP contribution in [0.5, 0.6) is 0 Å². The summed E-state index contributed by atoms with van der Waals surface area (Å²) in [4.78, 5) is 43.6. The Morgan fingerprint density at radius 3 is 1.91 bits per heavy atom. The third-order valence-corrected chi connectivity index (χ3v) is 2.09. The van der Waals surface area contributed by atoms with Crippen LogP contribution in [0.3, 0.4) is 0 Å². The molecule has 0 aromatic carbocycles. The number of nitrogens with zero attached hydrogens (tertiary/aromatic N) is 1. The van der Waals surface area contributed by atoms with Crippen LogP contribution in [0.25, 0.3) is 0 Å². The molecule has 0 fully saturated rings. The second kappa shape index (κ2) is 12.1. The molecule has 0 heterocycles. The van der Waals surface area contributed by atoms with Gasteiger partial charge in [0.2, 0.25) is 5.78 Å². The molecule has 126 valence electrons. The van der Waals surface area contributed by atoms with Crippen LogP contribution < -0.4 is 17.2 Å². The summed E-state index contributed by atoms with van der Waals surface area (Å²) in [6, 6.07) is -0.820. The van der Waals surface area contributed by atoms with Crippen molar-refractivity contribution in [3.05, 3.63) is 0 Å². The molecule has 11 heteroatoms. The number of carbonyl (C=O) groups excluding carboxylic acids is 1. The number of aliphatic carboxylic acids is 3. The maximum Gasteiger partial charge on any atom is 0.372 e. The van der Waals surface area contributed by atoms with E-state index in [1.165, 1.54) is 0 Å². The molecule has 0 aromatic rings. The lowest BCUT2D eigenvalue weighted by Gasteiger charge is -2.03. The summed E-state index contributed by atoms with van der Waals surface area (Å²) in [5.41, 5.74) is 15.3. The highest BCUT2D eigenvalue weighted by Crippen LogP contribution is 1.94. The molecule has 0 aliphatic carbocycles. The van der Waals surface area contributed by atoms with Crippen molar-refractivity contribution in [3.8, 4) is 0 Å². The van der Waals surface area contributed by atoms with Gasteiger partial charge in [-0.2, -0.15) is 0 Å². The molecule has 0 radical (unpaired) electrons. The van der Waals surface area contributed by atoms with Crippen molar-refractivity contribution in [3.63, 3.8) is 0 Å². The van der Waals surface area contributed by atoms with Crippen molar-refractivity contribution < 1.29 is 34.5 Å². The minimum atomic E-state index is -1.58. The number of carboxylic acids is 3. The van der Waals surface area contributed by atoms with Crippen molar-refractivity contribution in [1.82, 2.24) is 0 Å². The van der Waals surface area contributed by atoms with Crippen LogP contribution in [0, 0.1) is 0 Å². The molecule has 1 atom stereocenters. The zero-order valence-corrected chi connectivity index (χ0v) is 11.8. The molecule has 0 saturated carbocycles. The zero-order chi connectivity index (χ0) is 17.7. The van der Waals surface area contributed by atoms with Gasteiger partial charge in [-0.05, 0) is 12.8 Å². The van der Waals surface area contributed by atoms with E-state index in [0.29, 0.717) is 19.4 Å². The molecule has 0 saturated heterocycles. The van der Waals surface area contributed by atoms with Crippen LogP contribution in [0.15, 0.2) is 4.99 Å². The lowest BCUT2D eigenvalue weighted by atomic mass is 10.2. The summed E-state index contributed by atoms with van der Waals surface area (Å²) in [5.74, 6) is -4.81. The summed E-state index contributed by atoms with van der Waals surface area (Å²) in [7, 11) is 0. The van der Waals surface area contributed by atoms with Crippen molar-refractivity contribution >= 4 is 29.7 Å². The van der Waals surface area contributed by atoms with Gasteiger partial charge >= 0.3 is 17.9 Å². The zero-order valence-electron chi connectivity index (χ0n) is 11.8. The molecule has 0 aromatic heterocycles. The summed E-state index contributed by atoms with van der Waals surface area (Å²) in [5, 5.41) is 24.3. The second-order valence-corrected chi connectivity index (χ2v) is 4.02. The molecular formula is C11H20N4O7. The fraction of sp³-hybridized carbons (Fsp3) is 0.545. The number of aliphatic imine (C=N–C) groups is 1. The minimum Gasteiger partial charge on any atom is -0.481 e. The average Bonchev–Trinajstić information content (AvgIpc) is 2.40. The Labute approximate surface area is 125 Å². The van der Waals surface area contributed by atoms with Crippen LogP contribution in [0.4, 0.5) is 0 Å². The summed E-state index contributed by atoms with van der Waals surface area (Å²) in [6.07, 6.45) is 0.0906. The highest BCUT2D eigenvalue weighted by Gasteiger charge is 2.12. The number of carbonyl (C=O) groups is 4. The number of nitrogens with two attached hydrogens (primary N) is 3. The van der Waals surface area contributed by atoms with Gasteiger partial charge < -0.3 is 32.5 Å². The SMILES string of the molecule is NC(N)=NCCC[C@H](N)C(=O)O.O=C(O)CCC(=O)C(=O)O. The number of hydrogen-bond donors (Lipinski definition) is 6. The van der Waals surface area contributed by atoms with Gasteiger partial charge in [-0.15, -0.1) is 0 Å². The Morgan fingerprint density at radius 2 is 1.55 bits per heavy atom. The number of carboxylic acid groups (broad SMARTS) is 3. The van der Waals surface area contributed by atoms with Crippen molar-refractivity contribution in [2.24, 2.45) is 22.2 Å². The van der Waals surface area contributed by atoms with Crippen molar-refractivity contribution in [2.45, 2.75) is 31.7 Å². The van der Waals surface area contributed by atoms with Crippen LogP contribution in [-0.2, 0) is 19.2 Å². The monoisotopic (exact) mass is 320 g/mol. The predicted molar refractivity (Wildman–Crippen MR) is 75.0 cm³/mol. The molecule has 11 nitrogen and oxygen atoms in total. The summed E-state index contributed by atoms with van der Waals surface area (Å²) in [6.45, 7) is 0.420. The van der Waals surface area contributed by atoms with Gasteiger partial charge in [0.25, 0.3) is 0 Å². The standard InChI is InChI=1S/C6H14N4O2.C5H6O5/c7-4(5(11)12)2-1-3-10-6(8)9;6-3(5(9)10)1-2-4(7)8/h4H,1-3,7H2,(H,11,12)(H4,8,9,10);1-2H2,(H,7,8)(H,9,10)/t4-;/m0./s1. The molecule has 0 spiro atoms. The van der Waals surface area contributed by atoms with Gasteiger partial charge in [0, 0.05) is 13.0 Å². The molecule has 0 unspecified atom stereocenters. The highest BCUT2D eigenvalue weighted by molar-refractivity contribution is 6.32. The normalized spacial score (nSPS) is 10.6. The second-order valence-electron chi connectivity index (χ2n) is 4.02. The minimum absolute atomic E-state index is 0.0129. The fourth-order valence-corrected chi connectivity index (χ4v) is 0.970. The van der Waals surface area contributed by atoms with Gasteiger partial charge in [0.05, 0.1) is 6.42 Å². The van der Waals surface area contributed by atoms with Crippen LogP contribution in [-0.4, -0.2) is 57.6 Å². The first kappa shape index (κ1) is 21.6. The van der Waals surface area contributed by atoms with Gasteiger partial charge in [-0.3, -0.25) is 19.4 Å². The van der Waals surface area contributed by atoms with Gasteiger partial charge in [-0.1, -0.05) is 0 Å². The first-order valence-electron chi connectivity index (χ1n) is 6.09. The van der Waals surface area contributed by atoms with Crippen molar-refractivity contribution in [2.75, 3.05) is 6.54 Å². The first-order chi connectivity index (χ1) is 10.1. The Morgan fingerprint density at radius 1 is 1.00 bits per heavy atom. The number of Topliss-reactive ketones (excluding diaryl/α,β-unsaturated/α-hetero) is 1. The highest BCUT2D eigenvalue weighted by atomic mass is 16.4.